The summed E-state index contributed by atoms with van der Waals surface area (Å²) in [5, 5.41) is 0.695. The molecule has 156 valence electrons. The van der Waals surface area contributed by atoms with Gasteiger partial charge < -0.3 is 0 Å². The first-order valence-corrected chi connectivity index (χ1v) is 12.1. The fraction of sp³-hybridized carbons (Fsp3) is 0.292. The molecule has 1 aliphatic heterocycles. The highest BCUT2D eigenvalue weighted by atomic mass is 35.5. The lowest BCUT2D eigenvalue weighted by atomic mass is 9.78. The van der Waals surface area contributed by atoms with E-state index in [0.717, 1.165) is 48.2 Å². The third kappa shape index (κ3) is 4.75. The van der Waals surface area contributed by atoms with Gasteiger partial charge in [0.05, 0.1) is 16.3 Å². The van der Waals surface area contributed by atoms with E-state index in [2.05, 4.69) is 11.3 Å². The van der Waals surface area contributed by atoms with Crippen LogP contribution in [0.4, 0.5) is 0 Å². The van der Waals surface area contributed by atoms with E-state index < -0.39 is 10.0 Å². The Hall–Kier alpha value is -2.21. The van der Waals surface area contributed by atoms with Crippen molar-refractivity contribution in [2.24, 2.45) is 16.8 Å². The maximum absolute atomic E-state index is 12.4. The molecule has 0 bridgehead atoms. The third-order valence-corrected chi connectivity index (χ3v) is 7.52. The Kier molecular flexibility index (Phi) is 6.23. The van der Waals surface area contributed by atoms with E-state index >= 15 is 0 Å². The van der Waals surface area contributed by atoms with Crippen LogP contribution in [0.3, 0.4) is 0 Å². The molecule has 4 nitrogen and oxygen atoms in total. The summed E-state index contributed by atoms with van der Waals surface area (Å²) in [6.45, 7) is 4.67. The van der Waals surface area contributed by atoms with Crippen molar-refractivity contribution in [3.8, 4) is 0 Å². The summed E-state index contributed by atoms with van der Waals surface area (Å²) < 4.78 is 27.6. The first kappa shape index (κ1) is 21.0. The molecule has 0 aromatic heterocycles. The van der Waals surface area contributed by atoms with Gasteiger partial charge in [-0.05, 0) is 67.5 Å². The van der Waals surface area contributed by atoms with Gasteiger partial charge in [0, 0.05) is 23.0 Å². The molecular weight excluding hydrogens is 416 g/mol. The van der Waals surface area contributed by atoms with Gasteiger partial charge in [-0.1, -0.05) is 48.5 Å². The number of nitrogens with zero attached hydrogens (tertiary/aromatic N) is 1. The minimum atomic E-state index is -3.45. The molecule has 0 atom stereocenters. The maximum atomic E-state index is 12.4. The number of nitrogens with one attached hydrogen (secondary N) is 1. The monoisotopic (exact) mass is 440 g/mol. The Morgan fingerprint density at radius 1 is 1.03 bits per heavy atom. The van der Waals surface area contributed by atoms with Crippen molar-refractivity contribution >= 4 is 33.0 Å². The summed E-state index contributed by atoms with van der Waals surface area (Å²) in [5.41, 5.74) is 3.95. The zero-order valence-corrected chi connectivity index (χ0v) is 18.3. The van der Waals surface area contributed by atoms with Crippen LogP contribution < -0.4 is 4.72 Å². The Labute approximate surface area is 183 Å². The van der Waals surface area contributed by atoms with Crippen LogP contribution in [0.15, 0.2) is 82.7 Å². The highest BCUT2D eigenvalue weighted by Gasteiger charge is 2.29. The van der Waals surface area contributed by atoms with Gasteiger partial charge in [-0.2, -0.15) is 0 Å². The van der Waals surface area contributed by atoms with Gasteiger partial charge in [0.15, 0.2) is 0 Å². The third-order valence-electron chi connectivity index (χ3n) is 5.85. The molecule has 2 aromatic rings. The second-order valence-electron chi connectivity index (χ2n) is 7.94. The zero-order valence-electron chi connectivity index (χ0n) is 16.7. The van der Waals surface area contributed by atoms with Crippen molar-refractivity contribution in [3.05, 3.63) is 83.4 Å². The predicted molar refractivity (Wildman–Crippen MR) is 123 cm³/mol. The summed E-state index contributed by atoms with van der Waals surface area (Å²) >= 11 is 6.11. The van der Waals surface area contributed by atoms with Gasteiger partial charge in [0.2, 0.25) is 10.0 Å². The Balaban J connectivity index is 1.34. The maximum Gasteiger partial charge on any atom is 0.240 e. The summed E-state index contributed by atoms with van der Waals surface area (Å²) in [4.78, 5) is 5.18. The number of halogens is 1. The molecule has 4 rings (SSSR count). The zero-order chi connectivity index (χ0) is 21.1. The highest BCUT2D eigenvalue weighted by Crippen LogP contribution is 2.36. The summed E-state index contributed by atoms with van der Waals surface area (Å²) in [6.07, 6.45) is 5.96. The lowest BCUT2D eigenvalue weighted by Gasteiger charge is -2.29. The van der Waals surface area contributed by atoms with Crippen molar-refractivity contribution in [1.29, 1.82) is 0 Å². The first-order valence-electron chi connectivity index (χ1n) is 10.2. The molecule has 2 aliphatic rings. The van der Waals surface area contributed by atoms with E-state index in [0.29, 0.717) is 28.3 Å². The molecule has 2 aromatic carbocycles. The number of aliphatic imine (C=N–C) groups is 1. The van der Waals surface area contributed by atoms with Crippen LogP contribution in [-0.4, -0.2) is 20.7 Å². The van der Waals surface area contributed by atoms with Gasteiger partial charge in [0.1, 0.15) is 0 Å². The minimum absolute atomic E-state index is 0.315. The average Bonchev–Trinajstić information content (AvgIpc) is 3.15. The van der Waals surface area contributed by atoms with Crippen molar-refractivity contribution in [2.45, 2.75) is 30.6 Å². The van der Waals surface area contributed by atoms with E-state index in [-0.39, 0.29) is 0 Å². The molecule has 1 saturated carbocycles. The summed E-state index contributed by atoms with van der Waals surface area (Å²) in [7, 11) is -3.45. The van der Waals surface area contributed by atoms with E-state index in [9.17, 15) is 8.42 Å². The van der Waals surface area contributed by atoms with Crippen LogP contribution >= 0.6 is 11.6 Å². The van der Waals surface area contributed by atoms with Crippen LogP contribution in [-0.2, 0) is 10.0 Å². The fourth-order valence-corrected chi connectivity index (χ4v) is 5.50. The second-order valence-corrected chi connectivity index (χ2v) is 10.1. The number of allylic oxidation sites excluding steroid dienone is 2. The molecule has 1 N–H and O–H groups in total. The lowest BCUT2D eigenvalue weighted by molar-refractivity contribution is 0.322. The molecule has 0 radical (unpaired) electrons. The smallest absolute Gasteiger partial charge is 0.240 e. The number of benzene rings is 2. The van der Waals surface area contributed by atoms with Gasteiger partial charge in [-0.25, -0.2) is 13.1 Å². The van der Waals surface area contributed by atoms with E-state index in [1.807, 2.05) is 36.4 Å². The van der Waals surface area contributed by atoms with Gasteiger partial charge in [0.25, 0.3) is 0 Å². The van der Waals surface area contributed by atoms with Gasteiger partial charge in [-0.15, -0.1) is 0 Å². The molecule has 0 unspecified atom stereocenters. The first-order chi connectivity index (χ1) is 14.4. The van der Waals surface area contributed by atoms with Gasteiger partial charge in [-0.3, -0.25) is 4.99 Å². The second kappa shape index (κ2) is 8.88. The Bertz CT molecular complexity index is 1100. The van der Waals surface area contributed by atoms with Crippen molar-refractivity contribution in [1.82, 2.24) is 4.72 Å². The highest BCUT2D eigenvalue weighted by molar-refractivity contribution is 7.89. The molecule has 0 amide bonds. The number of hydrogen-bond acceptors (Lipinski definition) is 3. The Morgan fingerprint density at radius 2 is 1.77 bits per heavy atom. The summed E-state index contributed by atoms with van der Waals surface area (Å²) in [5.74, 6) is 0.711. The van der Waals surface area contributed by atoms with Crippen LogP contribution in [0, 0.1) is 11.8 Å². The molecule has 30 heavy (non-hydrogen) atoms. The molecule has 1 fully saturated rings. The van der Waals surface area contributed by atoms with Crippen molar-refractivity contribution < 1.29 is 8.42 Å². The molecule has 0 saturated heterocycles. The van der Waals surface area contributed by atoms with Crippen LogP contribution in [0.25, 0.3) is 5.70 Å². The van der Waals surface area contributed by atoms with Crippen LogP contribution in [0.5, 0.6) is 0 Å². The topological polar surface area (TPSA) is 58.5 Å². The quantitative estimate of drug-likeness (QED) is 0.646. The fourth-order valence-electron chi connectivity index (χ4n) is 4.17. The Morgan fingerprint density at radius 3 is 2.47 bits per heavy atom. The van der Waals surface area contributed by atoms with Gasteiger partial charge >= 0.3 is 0 Å². The number of rotatable bonds is 6. The molecule has 1 aliphatic carbocycles. The predicted octanol–water partition coefficient (Wildman–Crippen LogP) is 5.48. The lowest BCUT2D eigenvalue weighted by Crippen LogP contribution is -2.32. The molecule has 0 spiro atoms. The van der Waals surface area contributed by atoms with E-state index in [4.69, 9.17) is 16.6 Å². The van der Waals surface area contributed by atoms with Crippen molar-refractivity contribution in [3.63, 3.8) is 0 Å². The molecule has 6 heteroatoms. The SMILES string of the molecule is C=C1C=C(c2cccc(Cl)c2)N=C1C1CCC(CNS(=O)(=O)c2ccccc2)CC1. The molecule has 1 heterocycles. The standard InChI is InChI=1S/C24H25ClN2O2S/c1-17-14-23(20-6-5-7-21(25)15-20)27-24(17)19-12-10-18(11-13-19)16-26-30(28,29)22-8-3-2-4-9-22/h2-9,14-15,18-19,26H,1,10-13,16H2. The van der Waals surface area contributed by atoms with E-state index in [1.54, 1.807) is 24.3 Å². The van der Waals surface area contributed by atoms with Crippen LogP contribution in [0.1, 0.15) is 31.2 Å². The van der Waals surface area contributed by atoms with E-state index in [1.165, 1.54) is 0 Å². The van der Waals surface area contributed by atoms with Crippen molar-refractivity contribution in [2.75, 3.05) is 6.54 Å². The largest absolute Gasteiger partial charge is 0.252 e. The number of sulfonamides is 1. The normalized spacial score (nSPS) is 22.0. The summed E-state index contributed by atoms with van der Waals surface area (Å²) in [6, 6.07) is 16.2. The minimum Gasteiger partial charge on any atom is -0.252 e. The van der Waals surface area contributed by atoms with Crippen LogP contribution in [0.2, 0.25) is 5.02 Å². The number of hydrogen-bond donors (Lipinski definition) is 1. The average molecular weight is 441 g/mol. The molecular formula is C24H25ClN2O2S.